The molecule has 2 bridgehead atoms. The molecule has 40 heavy (non-hydrogen) atoms. The van der Waals surface area contributed by atoms with Gasteiger partial charge in [0.05, 0.1) is 18.8 Å². The highest BCUT2D eigenvalue weighted by Crippen LogP contribution is 2.53. The number of fused-ring (bicyclic) bond motifs is 2. The Morgan fingerprint density at radius 2 is 1.62 bits per heavy atom. The summed E-state index contributed by atoms with van der Waals surface area (Å²) in [6.07, 6.45) is 4.24. The van der Waals surface area contributed by atoms with E-state index in [1.165, 1.54) is 24.8 Å². The maximum absolute atomic E-state index is 9.54. The zero-order chi connectivity index (χ0) is 27.9. The van der Waals surface area contributed by atoms with Crippen molar-refractivity contribution in [2.24, 2.45) is 16.6 Å². The topological polar surface area (TPSA) is 68.0 Å². The van der Waals surface area contributed by atoms with Gasteiger partial charge >= 0.3 is 0 Å². The van der Waals surface area contributed by atoms with Gasteiger partial charge < -0.3 is 20.3 Å². The van der Waals surface area contributed by atoms with Crippen LogP contribution in [0.2, 0.25) is 0 Å². The van der Waals surface area contributed by atoms with E-state index in [2.05, 4.69) is 80.3 Å². The number of hydrogen-bond donors (Lipinski definition) is 2. The van der Waals surface area contributed by atoms with Crippen LogP contribution < -0.4 is 5.73 Å². The molecule has 0 radical (unpaired) electrons. The van der Waals surface area contributed by atoms with Crippen molar-refractivity contribution < 1.29 is 14.6 Å². The second kappa shape index (κ2) is 11.0. The number of nitrogens with zero attached hydrogens (tertiary/aromatic N) is 1. The highest BCUT2D eigenvalue weighted by Gasteiger charge is 2.50. The molecule has 2 unspecified atom stereocenters. The third-order valence-corrected chi connectivity index (χ3v) is 9.31. The fraction of sp³-hybridized carbons (Fsp3) is 0.486. The molecule has 3 aromatic rings. The number of hydrogen-bond acceptors (Lipinski definition) is 5. The molecule has 6 rings (SSSR count). The molecule has 212 valence electrons. The summed E-state index contributed by atoms with van der Waals surface area (Å²) >= 11 is 0. The maximum atomic E-state index is 9.54. The van der Waals surface area contributed by atoms with Crippen LogP contribution in [0.4, 0.5) is 0 Å². The number of likely N-dealkylation sites (tertiary alicyclic amines) is 1. The third-order valence-electron chi connectivity index (χ3n) is 9.31. The summed E-state index contributed by atoms with van der Waals surface area (Å²) in [6.45, 7) is 9.99. The van der Waals surface area contributed by atoms with E-state index in [-0.39, 0.29) is 18.8 Å². The van der Waals surface area contributed by atoms with Gasteiger partial charge in [0, 0.05) is 37.7 Å². The lowest BCUT2D eigenvalue weighted by Crippen LogP contribution is -2.42. The minimum atomic E-state index is -0.436. The molecule has 5 nitrogen and oxygen atoms in total. The van der Waals surface area contributed by atoms with Crippen molar-refractivity contribution in [1.82, 2.24) is 4.90 Å². The van der Waals surface area contributed by atoms with E-state index in [1.807, 2.05) is 18.2 Å². The number of rotatable bonds is 7. The van der Waals surface area contributed by atoms with E-state index in [9.17, 15) is 5.11 Å². The van der Waals surface area contributed by atoms with Crippen LogP contribution in [0.25, 0.3) is 11.1 Å². The fourth-order valence-corrected chi connectivity index (χ4v) is 7.88. The predicted molar refractivity (Wildman–Crippen MR) is 159 cm³/mol. The van der Waals surface area contributed by atoms with E-state index in [4.69, 9.17) is 15.2 Å². The second-order valence-corrected chi connectivity index (χ2v) is 13.5. The van der Waals surface area contributed by atoms with Gasteiger partial charge in [-0.05, 0) is 57.9 Å². The minimum absolute atomic E-state index is 0.0469. The van der Waals surface area contributed by atoms with E-state index in [0.717, 1.165) is 47.3 Å². The Morgan fingerprint density at radius 1 is 0.900 bits per heavy atom. The zero-order valence-corrected chi connectivity index (χ0v) is 24.2. The molecular formula is C35H44N2O3. The second-order valence-electron chi connectivity index (χ2n) is 13.5. The largest absolute Gasteiger partial charge is 0.392 e. The zero-order valence-electron chi connectivity index (χ0n) is 24.2. The van der Waals surface area contributed by atoms with Crippen LogP contribution in [-0.2, 0) is 22.6 Å². The van der Waals surface area contributed by atoms with Crippen molar-refractivity contribution in [3.05, 3.63) is 95.1 Å². The maximum Gasteiger partial charge on any atom is 0.184 e. The molecule has 3 aliphatic rings. The standard InChI is InChI=1S/C35H44N2O3/c1-34(2)17-29-18-35(3,22-34)23-37(29)20-30-16-32(26-10-8-24(21-38)9-11-26)40-33(39-30)27-14-12-25(13-15-27)31-7-5-4-6-28(31)19-36/h4-15,29-30,32-33,38H,16-23,36H2,1-3H3/t29?,30-,32+,33+,35?/m1/s1. The molecule has 2 aliphatic heterocycles. The molecule has 2 saturated heterocycles. The molecule has 3 aromatic carbocycles. The Hall–Kier alpha value is -2.54. The van der Waals surface area contributed by atoms with Crippen molar-refractivity contribution in [2.45, 2.75) is 84.1 Å². The van der Waals surface area contributed by atoms with Crippen molar-refractivity contribution in [2.75, 3.05) is 13.1 Å². The summed E-state index contributed by atoms with van der Waals surface area (Å²) in [5.41, 5.74) is 13.3. The van der Waals surface area contributed by atoms with Gasteiger partial charge in [-0.15, -0.1) is 0 Å². The lowest BCUT2D eigenvalue weighted by Gasteiger charge is -2.41. The first-order valence-corrected chi connectivity index (χ1v) is 14.9. The van der Waals surface area contributed by atoms with E-state index in [1.54, 1.807) is 0 Å². The minimum Gasteiger partial charge on any atom is -0.392 e. The summed E-state index contributed by atoms with van der Waals surface area (Å²) in [7, 11) is 0. The molecular weight excluding hydrogens is 496 g/mol. The highest BCUT2D eigenvalue weighted by atomic mass is 16.7. The van der Waals surface area contributed by atoms with Crippen molar-refractivity contribution >= 4 is 0 Å². The van der Waals surface area contributed by atoms with Gasteiger partial charge in [-0.25, -0.2) is 0 Å². The van der Waals surface area contributed by atoms with Crippen LogP contribution in [0, 0.1) is 10.8 Å². The van der Waals surface area contributed by atoms with Crippen LogP contribution in [0.15, 0.2) is 72.8 Å². The first kappa shape index (κ1) is 27.6. The number of aliphatic hydroxyl groups is 1. The number of nitrogens with two attached hydrogens (primary N) is 1. The molecule has 2 heterocycles. The normalized spacial score (nSPS) is 29.9. The van der Waals surface area contributed by atoms with E-state index in [0.29, 0.717) is 23.4 Å². The van der Waals surface area contributed by atoms with E-state index >= 15 is 0 Å². The summed E-state index contributed by atoms with van der Waals surface area (Å²) in [5, 5.41) is 9.54. The van der Waals surface area contributed by atoms with Crippen LogP contribution in [-0.4, -0.2) is 35.2 Å². The summed E-state index contributed by atoms with van der Waals surface area (Å²) in [4.78, 5) is 2.71. The smallest absolute Gasteiger partial charge is 0.184 e. The summed E-state index contributed by atoms with van der Waals surface area (Å²) in [6, 6.07) is 25.7. The first-order chi connectivity index (χ1) is 19.2. The molecule has 5 heteroatoms. The number of benzene rings is 3. The van der Waals surface area contributed by atoms with Gasteiger partial charge in [-0.2, -0.15) is 0 Å². The quantitative estimate of drug-likeness (QED) is 0.347. The summed E-state index contributed by atoms with van der Waals surface area (Å²) in [5.74, 6) is 0. The monoisotopic (exact) mass is 540 g/mol. The van der Waals surface area contributed by atoms with Gasteiger partial charge in [-0.1, -0.05) is 93.6 Å². The van der Waals surface area contributed by atoms with Crippen LogP contribution in [0.5, 0.6) is 0 Å². The van der Waals surface area contributed by atoms with Crippen molar-refractivity contribution in [1.29, 1.82) is 0 Å². The molecule has 0 spiro atoms. The Kier molecular flexibility index (Phi) is 7.62. The molecule has 1 saturated carbocycles. The molecule has 3 N–H and O–H groups in total. The lowest BCUT2D eigenvalue weighted by atomic mass is 9.65. The average Bonchev–Trinajstić information content (AvgIpc) is 3.20. The Balaban J connectivity index is 1.24. The Bertz CT molecular complexity index is 1300. The van der Waals surface area contributed by atoms with Crippen LogP contribution in [0.1, 0.15) is 81.1 Å². The number of aliphatic hydroxyl groups excluding tert-OH is 1. The van der Waals surface area contributed by atoms with Gasteiger partial charge in [0.25, 0.3) is 0 Å². The highest BCUT2D eigenvalue weighted by molar-refractivity contribution is 5.67. The molecule has 1 aliphatic carbocycles. The average molecular weight is 541 g/mol. The van der Waals surface area contributed by atoms with Gasteiger partial charge in [0.1, 0.15) is 0 Å². The molecule has 5 atom stereocenters. The van der Waals surface area contributed by atoms with Crippen LogP contribution >= 0.6 is 0 Å². The van der Waals surface area contributed by atoms with E-state index < -0.39 is 6.29 Å². The summed E-state index contributed by atoms with van der Waals surface area (Å²) < 4.78 is 13.4. The predicted octanol–water partition coefficient (Wildman–Crippen LogP) is 6.75. The SMILES string of the molecule is CC1(C)CC2CC(C)(CN2C[C@H]2C[C@@H](c3ccc(CO)cc3)O[C@@H](c3ccc(-c4ccccc4CN)cc3)O2)C1. The lowest BCUT2D eigenvalue weighted by molar-refractivity contribution is -0.253. The van der Waals surface area contributed by atoms with Crippen molar-refractivity contribution in [3.8, 4) is 11.1 Å². The Labute approximate surface area is 239 Å². The van der Waals surface area contributed by atoms with Crippen LogP contribution in [0.3, 0.4) is 0 Å². The van der Waals surface area contributed by atoms with Crippen molar-refractivity contribution in [3.63, 3.8) is 0 Å². The first-order valence-electron chi connectivity index (χ1n) is 14.9. The van der Waals surface area contributed by atoms with Gasteiger partial charge in [0.2, 0.25) is 0 Å². The number of ether oxygens (including phenoxy) is 2. The van der Waals surface area contributed by atoms with Gasteiger partial charge in [0.15, 0.2) is 6.29 Å². The molecule has 0 amide bonds. The Morgan fingerprint density at radius 3 is 2.35 bits per heavy atom. The molecule has 0 aromatic heterocycles. The third kappa shape index (κ3) is 5.77. The van der Waals surface area contributed by atoms with Gasteiger partial charge in [-0.3, -0.25) is 4.90 Å². The fourth-order valence-electron chi connectivity index (χ4n) is 7.88. The molecule has 3 fully saturated rings.